The van der Waals surface area contributed by atoms with Crippen LogP contribution in [0.1, 0.15) is 55.5 Å². The molecule has 2 aromatic heterocycles. The summed E-state index contributed by atoms with van der Waals surface area (Å²) >= 11 is 0. The van der Waals surface area contributed by atoms with Gasteiger partial charge in [-0.25, -0.2) is 4.39 Å². The van der Waals surface area contributed by atoms with E-state index in [2.05, 4.69) is 0 Å². The van der Waals surface area contributed by atoms with Gasteiger partial charge in [-0.2, -0.15) is 0 Å². The molecule has 2 heterocycles. The van der Waals surface area contributed by atoms with Crippen LogP contribution in [0.15, 0.2) is 54.6 Å². The number of carbonyl (C=O) groups excluding carboxylic acids is 1. The molecule has 0 unspecified atom stereocenters. The molecule has 2 aromatic carbocycles. The number of benzene rings is 2. The van der Waals surface area contributed by atoms with Crippen LogP contribution in [0.3, 0.4) is 0 Å². The van der Waals surface area contributed by atoms with Gasteiger partial charge in [0, 0.05) is 34.9 Å². The zero-order valence-electron chi connectivity index (χ0n) is 20.6. The maximum Gasteiger partial charge on any atom is 0.323 e. The van der Waals surface area contributed by atoms with E-state index in [1.165, 1.54) is 12.1 Å². The molecular weight excluding hydrogens is 457 g/mol. The molecule has 1 fully saturated rings. The second kappa shape index (κ2) is 9.72. The smallest absolute Gasteiger partial charge is 0.323 e. The van der Waals surface area contributed by atoms with Crippen molar-refractivity contribution in [2.24, 2.45) is 0 Å². The average molecular weight is 488 g/mol. The van der Waals surface area contributed by atoms with Crippen molar-refractivity contribution in [2.75, 3.05) is 0 Å². The van der Waals surface area contributed by atoms with Gasteiger partial charge in [0.05, 0.1) is 17.8 Å². The summed E-state index contributed by atoms with van der Waals surface area (Å²) in [4.78, 5) is 30.8. The van der Waals surface area contributed by atoms with Gasteiger partial charge in [-0.05, 0) is 74.4 Å². The molecule has 0 bridgehead atoms. The van der Waals surface area contributed by atoms with Crippen molar-refractivity contribution < 1.29 is 19.1 Å². The molecule has 7 heteroatoms. The number of rotatable bonds is 6. The second-order valence-corrected chi connectivity index (χ2v) is 9.79. The number of hydrogen-bond acceptors (Lipinski definition) is 3. The zero-order valence-corrected chi connectivity index (χ0v) is 20.6. The van der Waals surface area contributed by atoms with Crippen molar-refractivity contribution in [1.82, 2.24) is 14.5 Å². The van der Waals surface area contributed by atoms with Crippen LogP contribution in [0.25, 0.3) is 21.8 Å². The molecule has 36 heavy (non-hydrogen) atoms. The van der Waals surface area contributed by atoms with Gasteiger partial charge in [-0.3, -0.25) is 14.6 Å². The molecule has 186 valence electrons. The van der Waals surface area contributed by atoms with Gasteiger partial charge < -0.3 is 14.6 Å². The Hall–Kier alpha value is -3.74. The van der Waals surface area contributed by atoms with Gasteiger partial charge >= 0.3 is 5.97 Å². The van der Waals surface area contributed by atoms with E-state index >= 15 is 0 Å². The van der Waals surface area contributed by atoms with E-state index in [-0.39, 0.29) is 30.2 Å². The Balaban J connectivity index is 1.37. The number of aliphatic carboxylic acids is 1. The Morgan fingerprint density at radius 3 is 2.56 bits per heavy atom. The van der Waals surface area contributed by atoms with Crippen molar-refractivity contribution in [2.45, 2.75) is 64.6 Å². The van der Waals surface area contributed by atoms with Crippen LogP contribution in [-0.2, 0) is 22.7 Å². The highest BCUT2D eigenvalue weighted by atomic mass is 19.1. The Morgan fingerprint density at radius 1 is 1.08 bits per heavy atom. The Morgan fingerprint density at radius 2 is 1.83 bits per heavy atom. The number of carboxylic acids is 1. The molecule has 6 nitrogen and oxygen atoms in total. The first-order valence-corrected chi connectivity index (χ1v) is 12.4. The number of amides is 1. The highest BCUT2D eigenvalue weighted by Crippen LogP contribution is 2.41. The van der Waals surface area contributed by atoms with E-state index < -0.39 is 5.97 Å². The topological polar surface area (TPSA) is 75.4 Å². The number of pyridine rings is 1. The molecule has 1 aliphatic carbocycles. The van der Waals surface area contributed by atoms with E-state index in [1.54, 1.807) is 17.6 Å². The van der Waals surface area contributed by atoms with Gasteiger partial charge in [0.25, 0.3) is 0 Å². The summed E-state index contributed by atoms with van der Waals surface area (Å²) in [6, 6.07) is 16.7. The maximum absolute atomic E-state index is 14.2. The normalized spacial score (nSPS) is 18.0. The van der Waals surface area contributed by atoms with Crippen molar-refractivity contribution in [3.63, 3.8) is 0 Å². The Labute approximate surface area is 209 Å². The van der Waals surface area contributed by atoms with Crippen molar-refractivity contribution >= 4 is 33.7 Å². The SMILES string of the molecule is CC(=O)N(Cc1ccc2ccccc2n1)C1CCC(c2c(C)n(CC(=O)O)c3ccc(F)cc23)CC1. The summed E-state index contributed by atoms with van der Waals surface area (Å²) in [7, 11) is 0. The van der Waals surface area contributed by atoms with Crippen LogP contribution >= 0.6 is 0 Å². The van der Waals surface area contributed by atoms with E-state index in [9.17, 15) is 19.1 Å². The van der Waals surface area contributed by atoms with E-state index in [4.69, 9.17) is 4.98 Å². The van der Waals surface area contributed by atoms with Crippen LogP contribution in [0.2, 0.25) is 0 Å². The number of carboxylic acid groups (broad SMARTS) is 1. The van der Waals surface area contributed by atoms with Crippen molar-refractivity contribution in [1.29, 1.82) is 0 Å². The Kier molecular flexibility index (Phi) is 6.48. The lowest BCUT2D eigenvalue weighted by Crippen LogP contribution is -2.40. The van der Waals surface area contributed by atoms with Crippen LogP contribution in [0.5, 0.6) is 0 Å². The van der Waals surface area contributed by atoms with Gasteiger partial charge in [0.15, 0.2) is 0 Å². The first-order valence-electron chi connectivity index (χ1n) is 12.4. The molecule has 4 aromatic rings. The number of aromatic nitrogens is 2. The monoisotopic (exact) mass is 487 g/mol. The van der Waals surface area contributed by atoms with Crippen molar-refractivity contribution in [3.8, 4) is 0 Å². The molecule has 0 spiro atoms. The third kappa shape index (κ3) is 4.57. The third-order valence-electron chi connectivity index (χ3n) is 7.57. The number of halogens is 1. The quantitative estimate of drug-likeness (QED) is 0.373. The highest BCUT2D eigenvalue weighted by molar-refractivity contribution is 5.87. The first-order chi connectivity index (χ1) is 17.3. The molecular formula is C29H30FN3O3. The molecule has 1 amide bonds. The molecule has 1 saturated carbocycles. The van der Waals surface area contributed by atoms with Gasteiger partial charge in [-0.1, -0.05) is 24.3 Å². The lowest BCUT2D eigenvalue weighted by atomic mass is 9.80. The molecule has 0 aliphatic heterocycles. The number of hydrogen-bond donors (Lipinski definition) is 1. The summed E-state index contributed by atoms with van der Waals surface area (Å²) in [6.07, 6.45) is 3.36. The third-order valence-corrected chi connectivity index (χ3v) is 7.57. The minimum Gasteiger partial charge on any atom is -0.480 e. The largest absolute Gasteiger partial charge is 0.480 e. The first kappa shape index (κ1) is 24.0. The predicted octanol–water partition coefficient (Wildman–Crippen LogP) is 5.80. The lowest BCUT2D eigenvalue weighted by Gasteiger charge is -2.36. The second-order valence-electron chi connectivity index (χ2n) is 9.79. The molecule has 1 aliphatic rings. The van der Waals surface area contributed by atoms with E-state index in [0.717, 1.165) is 64.4 Å². The lowest BCUT2D eigenvalue weighted by molar-refractivity contribution is -0.137. The van der Waals surface area contributed by atoms with E-state index in [1.807, 2.05) is 48.2 Å². The minimum atomic E-state index is -0.922. The summed E-state index contributed by atoms with van der Waals surface area (Å²) in [5.41, 5.74) is 4.46. The molecule has 1 N–H and O–H groups in total. The average Bonchev–Trinajstić information content (AvgIpc) is 3.12. The highest BCUT2D eigenvalue weighted by Gasteiger charge is 2.31. The van der Waals surface area contributed by atoms with Gasteiger partial charge in [-0.15, -0.1) is 0 Å². The predicted molar refractivity (Wildman–Crippen MR) is 137 cm³/mol. The van der Waals surface area contributed by atoms with Crippen LogP contribution < -0.4 is 0 Å². The fourth-order valence-electron chi connectivity index (χ4n) is 5.88. The maximum atomic E-state index is 14.2. The number of para-hydroxylation sites is 1. The summed E-state index contributed by atoms with van der Waals surface area (Å²) in [5, 5.41) is 11.3. The number of nitrogens with zero attached hydrogens (tertiary/aromatic N) is 3. The minimum absolute atomic E-state index is 0.0321. The van der Waals surface area contributed by atoms with Crippen LogP contribution in [0.4, 0.5) is 4.39 Å². The number of fused-ring (bicyclic) bond motifs is 2. The summed E-state index contributed by atoms with van der Waals surface area (Å²) in [6.45, 7) is 3.85. The Bertz CT molecular complexity index is 1450. The standard InChI is InChI=1S/C29H30FN3O3/c1-18-29(25-15-22(30)10-14-27(25)32(18)17-28(35)36)21-8-12-24(13-9-21)33(19(2)34)16-23-11-7-20-5-3-4-6-26(20)31-23/h3-7,10-11,14-15,21,24H,8-9,12-13,16-17H2,1-2H3,(H,35,36). The summed E-state index contributed by atoms with van der Waals surface area (Å²) < 4.78 is 15.9. The molecule has 0 atom stereocenters. The fraction of sp³-hybridized carbons (Fsp3) is 0.345. The van der Waals surface area contributed by atoms with Crippen molar-refractivity contribution in [3.05, 3.63) is 77.4 Å². The zero-order chi connectivity index (χ0) is 25.4. The summed E-state index contributed by atoms with van der Waals surface area (Å²) in [5.74, 6) is -1.03. The van der Waals surface area contributed by atoms with Gasteiger partial charge in [0.2, 0.25) is 5.91 Å². The van der Waals surface area contributed by atoms with Gasteiger partial charge in [0.1, 0.15) is 12.4 Å². The van der Waals surface area contributed by atoms with Crippen LogP contribution in [0, 0.1) is 12.7 Å². The fourth-order valence-corrected chi connectivity index (χ4v) is 5.88. The molecule has 5 rings (SSSR count). The molecule has 0 saturated heterocycles. The number of carbonyl (C=O) groups is 2. The van der Waals surface area contributed by atoms with Crippen LogP contribution in [-0.4, -0.2) is 37.5 Å². The van der Waals surface area contributed by atoms with E-state index in [0.29, 0.717) is 6.54 Å². The molecule has 0 radical (unpaired) electrons.